The first-order valence-electron chi connectivity index (χ1n) is 14.7. The van der Waals surface area contributed by atoms with Gasteiger partial charge in [0.2, 0.25) is 0 Å². The third kappa shape index (κ3) is 11.0. The predicted molar refractivity (Wildman–Crippen MR) is 163 cm³/mol. The number of nitrogens with zero attached hydrogens (tertiary/aromatic N) is 1. The van der Waals surface area contributed by atoms with Gasteiger partial charge in [0.05, 0.1) is 17.2 Å². The van der Waals surface area contributed by atoms with Gasteiger partial charge in [-0.1, -0.05) is 72.7 Å². The third-order valence-electron chi connectivity index (χ3n) is 7.73. The van der Waals surface area contributed by atoms with Crippen molar-refractivity contribution in [2.75, 3.05) is 0 Å². The summed E-state index contributed by atoms with van der Waals surface area (Å²) < 4.78 is 38.3. The Morgan fingerprint density at radius 3 is 2.14 bits per heavy atom. The van der Waals surface area contributed by atoms with Crippen molar-refractivity contribution in [1.29, 1.82) is 0 Å². The van der Waals surface area contributed by atoms with E-state index < -0.39 is 12.1 Å². The summed E-state index contributed by atoms with van der Waals surface area (Å²) in [7, 11) is 0. The number of aryl methyl sites for hydroxylation is 3. The second-order valence-corrected chi connectivity index (χ2v) is 10.9. The van der Waals surface area contributed by atoms with Crippen LogP contribution in [0.2, 0.25) is 0 Å². The molecule has 3 nitrogen and oxygen atoms in total. The Morgan fingerprint density at radius 2 is 1.60 bits per heavy atom. The van der Waals surface area contributed by atoms with E-state index >= 15 is 0 Å². The molecule has 0 saturated carbocycles. The Hall–Kier alpha value is -2.50. The number of halogens is 3. The van der Waals surface area contributed by atoms with Crippen LogP contribution in [0.3, 0.4) is 0 Å². The maximum atomic E-state index is 12.8. The molecule has 1 atom stereocenters. The Morgan fingerprint density at radius 1 is 0.976 bits per heavy atom. The molecule has 3 rings (SSSR count). The van der Waals surface area contributed by atoms with Crippen LogP contribution in [0, 0.1) is 37.7 Å². The Kier molecular flexibility index (Phi) is 15.7. The molecule has 3 aromatic rings. The molecule has 0 aliphatic rings. The van der Waals surface area contributed by atoms with Gasteiger partial charge in [0.1, 0.15) is 0 Å². The average Bonchev–Trinajstić information content (AvgIpc) is 2.92. The van der Waals surface area contributed by atoms with Gasteiger partial charge in [0.25, 0.3) is 0 Å². The number of rotatable bonds is 11. The zero-order valence-electron chi connectivity index (χ0n) is 25.9. The van der Waals surface area contributed by atoms with Gasteiger partial charge in [-0.3, -0.25) is 9.78 Å². The van der Waals surface area contributed by atoms with Crippen molar-refractivity contribution in [2.45, 2.75) is 93.2 Å². The number of allylic oxidation sites excluding steroid dienone is 2. The smallest absolute Gasteiger partial charge is 0.391 e. The van der Waals surface area contributed by atoms with Crippen LogP contribution in [-0.2, 0) is 31.3 Å². The fourth-order valence-electron chi connectivity index (χ4n) is 4.94. The molecule has 233 valence electrons. The SMILES string of the molecule is CCC(CC)C(=O)C=C(O)C(CC)CC.Cc1[c-]c(-c2ccc3c(CCC(C)C(F)(F)F)cccc3n2)cc(C)c1.[Ir]. The molecule has 0 aliphatic carbocycles. The maximum Gasteiger partial charge on any atom is 0.391 e. The fraction of sp³-hybridized carbons (Fsp3) is 0.486. The first-order valence-corrected chi connectivity index (χ1v) is 14.7. The van der Waals surface area contributed by atoms with Crippen molar-refractivity contribution in [2.24, 2.45) is 17.8 Å². The minimum Gasteiger partial charge on any atom is -0.512 e. The number of benzene rings is 2. The molecule has 2 aromatic carbocycles. The molecular formula is C35H45F3IrNO2-. The van der Waals surface area contributed by atoms with Gasteiger partial charge in [0, 0.05) is 43.4 Å². The summed E-state index contributed by atoms with van der Waals surface area (Å²) in [5, 5.41) is 10.7. The molecule has 0 amide bonds. The quantitative estimate of drug-likeness (QED) is 0.120. The van der Waals surface area contributed by atoms with Crippen LogP contribution in [0.4, 0.5) is 13.2 Å². The van der Waals surface area contributed by atoms with E-state index in [2.05, 4.69) is 12.1 Å². The fourth-order valence-corrected chi connectivity index (χ4v) is 4.94. The zero-order valence-corrected chi connectivity index (χ0v) is 28.3. The van der Waals surface area contributed by atoms with Gasteiger partial charge in [-0.25, -0.2) is 0 Å². The van der Waals surface area contributed by atoms with Crippen LogP contribution in [0.5, 0.6) is 0 Å². The molecule has 1 radical (unpaired) electrons. The van der Waals surface area contributed by atoms with Crippen molar-refractivity contribution in [1.82, 2.24) is 4.98 Å². The van der Waals surface area contributed by atoms with Crippen molar-refractivity contribution in [3.05, 3.63) is 77.1 Å². The van der Waals surface area contributed by atoms with E-state index in [1.807, 2.05) is 77.9 Å². The number of carbonyl (C=O) groups excluding carboxylic acids is 1. The number of carbonyl (C=O) groups is 1. The number of alkyl halides is 3. The summed E-state index contributed by atoms with van der Waals surface area (Å²) in [5.41, 5.74) is 5.66. The number of ketones is 1. The summed E-state index contributed by atoms with van der Waals surface area (Å²) in [6.45, 7) is 13.3. The first kappa shape index (κ1) is 37.5. The average molecular weight is 761 g/mol. The van der Waals surface area contributed by atoms with Crippen LogP contribution in [-0.4, -0.2) is 22.1 Å². The van der Waals surface area contributed by atoms with E-state index in [0.29, 0.717) is 6.42 Å². The van der Waals surface area contributed by atoms with E-state index in [4.69, 9.17) is 4.98 Å². The van der Waals surface area contributed by atoms with Crippen molar-refractivity contribution < 1.29 is 43.2 Å². The molecular weight excluding hydrogens is 716 g/mol. The van der Waals surface area contributed by atoms with Crippen LogP contribution in [0.1, 0.15) is 83.4 Å². The predicted octanol–water partition coefficient (Wildman–Crippen LogP) is 10.3. The van der Waals surface area contributed by atoms with E-state index in [9.17, 15) is 23.1 Å². The summed E-state index contributed by atoms with van der Waals surface area (Å²) >= 11 is 0. The Balaban J connectivity index is 0.000000476. The molecule has 0 fully saturated rings. The van der Waals surface area contributed by atoms with Crippen molar-refractivity contribution >= 4 is 16.7 Å². The summed E-state index contributed by atoms with van der Waals surface area (Å²) in [6, 6.07) is 16.9. The van der Waals surface area contributed by atoms with Crippen LogP contribution in [0.15, 0.2) is 54.3 Å². The largest absolute Gasteiger partial charge is 0.512 e. The van der Waals surface area contributed by atoms with Crippen LogP contribution < -0.4 is 0 Å². The van der Waals surface area contributed by atoms with Gasteiger partial charge >= 0.3 is 6.18 Å². The number of fused-ring (bicyclic) bond motifs is 1. The Labute approximate surface area is 263 Å². The molecule has 0 saturated heterocycles. The standard InChI is InChI=1S/C22H21F3N.C13H24O2.Ir/c1-14-11-15(2)13-18(12-14)20-10-9-19-17(5-4-6-21(19)26-20)8-7-16(3)22(23,24)25;1-5-10(6-2)12(14)9-13(15)11(7-3)8-4;/h4-6,9-12,16H,7-8H2,1-3H3;9-11,14H,5-8H2,1-4H3;/q-1;;. The normalized spacial score (nSPS) is 12.6. The van der Waals surface area contributed by atoms with Gasteiger partial charge in [-0.2, -0.15) is 13.2 Å². The number of aromatic nitrogens is 1. The molecule has 0 spiro atoms. The van der Waals surface area contributed by atoms with Gasteiger partial charge in [0.15, 0.2) is 5.78 Å². The van der Waals surface area contributed by atoms with Crippen molar-refractivity contribution in [3.63, 3.8) is 0 Å². The Bertz CT molecular complexity index is 1290. The van der Waals surface area contributed by atoms with Gasteiger partial charge in [-0.05, 0) is 55.8 Å². The topological polar surface area (TPSA) is 50.2 Å². The number of hydrogen-bond donors (Lipinski definition) is 1. The van der Waals surface area contributed by atoms with E-state index in [-0.39, 0.29) is 49.9 Å². The van der Waals surface area contributed by atoms with Crippen molar-refractivity contribution in [3.8, 4) is 11.3 Å². The third-order valence-corrected chi connectivity index (χ3v) is 7.73. The molecule has 1 aromatic heterocycles. The monoisotopic (exact) mass is 761 g/mol. The summed E-state index contributed by atoms with van der Waals surface area (Å²) in [4.78, 5) is 16.4. The number of pyridine rings is 1. The van der Waals surface area contributed by atoms with Gasteiger partial charge < -0.3 is 5.11 Å². The van der Waals surface area contributed by atoms with Crippen LogP contribution >= 0.6 is 0 Å². The summed E-state index contributed by atoms with van der Waals surface area (Å²) in [5.74, 6) is -0.763. The zero-order chi connectivity index (χ0) is 30.7. The molecule has 0 bridgehead atoms. The number of aliphatic hydroxyl groups is 1. The minimum absolute atomic E-state index is 0. The second-order valence-electron chi connectivity index (χ2n) is 10.9. The van der Waals surface area contributed by atoms with E-state index in [1.54, 1.807) is 0 Å². The van der Waals surface area contributed by atoms with E-state index in [0.717, 1.165) is 64.5 Å². The molecule has 7 heteroatoms. The number of aliphatic hydroxyl groups excluding tert-OH is 1. The molecule has 42 heavy (non-hydrogen) atoms. The first-order chi connectivity index (χ1) is 19.3. The molecule has 0 aliphatic heterocycles. The van der Waals surface area contributed by atoms with Crippen LogP contribution in [0.25, 0.3) is 22.2 Å². The minimum atomic E-state index is -4.14. The molecule has 1 heterocycles. The molecule has 1 unspecified atom stereocenters. The maximum absolute atomic E-state index is 12.8. The van der Waals surface area contributed by atoms with Gasteiger partial charge in [-0.15, -0.1) is 34.9 Å². The molecule has 1 N–H and O–H groups in total. The van der Waals surface area contributed by atoms with E-state index in [1.165, 1.54) is 13.0 Å². The second kappa shape index (κ2) is 17.6. The number of hydrogen-bond acceptors (Lipinski definition) is 3. The summed E-state index contributed by atoms with van der Waals surface area (Å²) in [6.07, 6.45) is 1.22.